The number of hydrogen-bond donors (Lipinski definition) is 0. The minimum Gasteiger partial charge on any atom is -0.375 e. The highest BCUT2D eigenvalue weighted by Gasteiger charge is 2.33. The molecule has 4 rings (SSSR count). The van der Waals surface area contributed by atoms with Crippen molar-refractivity contribution in [1.29, 1.82) is 0 Å². The number of methoxy groups -OCH3 is 1. The van der Waals surface area contributed by atoms with Crippen molar-refractivity contribution >= 4 is 11.8 Å². The molecular formula is C21H28N6O3. The number of carbonyl (C=O) groups is 2. The van der Waals surface area contributed by atoms with Crippen molar-refractivity contribution in [2.24, 2.45) is 0 Å². The summed E-state index contributed by atoms with van der Waals surface area (Å²) in [4.78, 5) is 33.5. The number of hydrogen-bond acceptors (Lipinski definition) is 6. The van der Waals surface area contributed by atoms with Crippen molar-refractivity contribution < 1.29 is 14.3 Å². The van der Waals surface area contributed by atoms with Crippen LogP contribution in [0.25, 0.3) is 0 Å². The minimum atomic E-state index is -0.0945. The number of carbonyl (C=O) groups excluding carboxylic acids is 2. The zero-order valence-electron chi connectivity index (χ0n) is 17.6. The second kappa shape index (κ2) is 8.91. The number of pyridine rings is 1. The third kappa shape index (κ3) is 3.94. The Balaban J connectivity index is 1.53. The second-order valence-electron chi connectivity index (χ2n) is 7.87. The first-order chi connectivity index (χ1) is 14.6. The molecule has 0 aliphatic carbocycles. The van der Waals surface area contributed by atoms with Crippen LogP contribution < -0.4 is 0 Å². The summed E-state index contributed by atoms with van der Waals surface area (Å²) in [6.45, 7) is 4.43. The molecule has 2 amide bonds. The molecule has 1 fully saturated rings. The molecule has 160 valence electrons. The number of aromatic nitrogens is 4. The number of piperidine rings is 1. The highest BCUT2D eigenvalue weighted by molar-refractivity contribution is 5.93. The maximum atomic E-state index is 13.0. The van der Waals surface area contributed by atoms with E-state index in [1.54, 1.807) is 6.20 Å². The van der Waals surface area contributed by atoms with Crippen molar-refractivity contribution in [3.63, 3.8) is 0 Å². The van der Waals surface area contributed by atoms with Gasteiger partial charge in [-0.05, 0) is 37.8 Å². The van der Waals surface area contributed by atoms with Crippen molar-refractivity contribution in [2.45, 2.75) is 45.2 Å². The molecule has 2 aliphatic heterocycles. The van der Waals surface area contributed by atoms with E-state index in [0.717, 1.165) is 36.5 Å². The van der Waals surface area contributed by atoms with Crippen molar-refractivity contribution in [3.8, 4) is 0 Å². The molecule has 9 heteroatoms. The van der Waals surface area contributed by atoms with E-state index in [4.69, 9.17) is 4.74 Å². The first-order valence-corrected chi connectivity index (χ1v) is 10.5. The average Bonchev–Trinajstić information content (AvgIpc) is 3.04. The summed E-state index contributed by atoms with van der Waals surface area (Å²) in [6, 6.07) is 3.64. The van der Waals surface area contributed by atoms with Gasteiger partial charge >= 0.3 is 0 Å². The second-order valence-corrected chi connectivity index (χ2v) is 7.87. The van der Waals surface area contributed by atoms with E-state index >= 15 is 0 Å². The molecule has 1 atom stereocenters. The Bertz CT molecular complexity index is 927. The summed E-state index contributed by atoms with van der Waals surface area (Å²) in [6.07, 6.45) is 5.18. The molecular weight excluding hydrogens is 384 g/mol. The number of fused-ring (bicyclic) bond motifs is 1. The normalized spacial score (nSPS) is 19.3. The molecule has 0 aromatic carbocycles. The minimum absolute atomic E-state index is 0.0180. The van der Waals surface area contributed by atoms with E-state index in [9.17, 15) is 9.59 Å². The van der Waals surface area contributed by atoms with Gasteiger partial charge in [0.25, 0.3) is 5.91 Å². The largest absolute Gasteiger partial charge is 0.375 e. The molecule has 2 aromatic rings. The first kappa shape index (κ1) is 20.5. The molecule has 0 spiro atoms. The van der Waals surface area contributed by atoms with E-state index in [0.29, 0.717) is 38.3 Å². The van der Waals surface area contributed by atoms with Gasteiger partial charge in [0.05, 0.1) is 6.04 Å². The summed E-state index contributed by atoms with van der Waals surface area (Å²) in [5, 5.41) is 8.87. The van der Waals surface area contributed by atoms with Gasteiger partial charge in [-0.3, -0.25) is 14.6 Å². The molecule has 1 saturated heterocycles. The van der Waals surface area contributed by atoms with E-state index in [1.807, 2.05) is 28.9 Å². The number of likely N-dealkylation sites (tertiary alicyclic amines) is 1. The lowest BCUT2D eigenvalue weighted by Gasteiger charge is -2.35. The van der Waals surface area contributed by atoms with Crippen LogP contribution in [0.15, 0.2) is 18.3 Å². The van der Waals surface area contributed by atoms with Crippen LogP contribution in [-0.2, 0) is 22.5 Å². The van der Waals surface area contributed by atoms with Gasteiger partial charge < -0.3 is 19.1 Å². The molecule has 2 aromatic heterocycles. The third-order valence-electron chi connectivity index (χ3n) is 5.94. The van der Waals surface area contributed by atoms with Crippen LogP contribution in [0.4, 0.5) is 0 Å². The van der Waals surface area contributed by atoms with Crippen molar-refractivity contribution in [1.82, 2.24) is 29.5 Å². The maximum Gasteiger partial charge on any atom is 0.272 e. The van der Waals surface area contributed by atoms with Crippen molar-refractivity contribution in [2.75, 3.05) is 33.4 Å². The lowest BCUT2D eigenvalue weighted by atomic mass is 10.0. The van der Waals surface area contributed by atoms with Gasteiger partial charge in [0, 0.05) is 45.9 Å². The zero-order chi connectivity index (χ0) is 21.1. The first-order valence-electron chi connectivity index (χ1n) is 10.5. The van der Waals surface area contributed by atoms with Gasteiger partial charge in [0.15, 0.2) is 5.82 Å². The molecule has 0 radical (unpaired) electrons. The fourth-order valence-electron chi connectivity index (χ4n) is 4.36. The Morgan fingerprint density at radius 2 is 2.03 bits per heavy atom. The summed E-state index contributed by atoms with van der Waals surface area (Å²) in [5.74, 6) is 1.61. The van der Waals surface area contributed by atoms with Crippen molar-refractivity contribution in [3.05, 3.63) is 41.2 Å². The van der Waals surface area contributed by atoms with Gasteiger partial charge in [-0.2, -0.15) is 0 Å². The Hall–Kier alpha value is -2.81. The van der Waals surface area contributed by atoms with Gasteiger partial charge in [-0.25, -0.2) is 0 Å². The van der Waals surface area contributed by atoms with Crippen LogP contribution in [0.3, 0.4) is 0 Å². The average molecular weight is 412 g/mol. The van der Waals surface area contributed by atoms with E-state index < -0.39 is 0 Å². The summed E-state index contributed by atoms with van der Waals surface area (Å²) in [5.41, 5.74) is 1.38. The van der Waals surface area contributed by atoms with Crippen LogP contribution in [-0.4, -0.2) is 74.7 Å². The summed E-state index contributed by atoms with van der Waals surface area (Å²) < 4.78 is 7.16. The molecule has 0 N–H and O–H groups in total. The fourth-order valence-corrected chi connectivity index (χ4v) is 4.36. The van der Waals surface area contributed by atoms with E-state index in [1.165, 1.54) is 7.11 Å². The molecule has 30 heavy (non-hydrogen) atoms. The number of ether oxygens (including phenoxy) is 1. The Labute approximate surface area is 176 Å². The van der Waals surface area contributed by atoms with Crippen LogP contribution in [0.1, 0.15) is 53.0 Å². The SMILES string of the molecule is COCC(=O)N1CCCCC1c1nnc2n1CCN(C(=O)c1ncccc1C)CC2. The highest BCUT2D eigenvalue weighted by Crippen LogP contribution is 2.31. The Morgan fingerprint density at radius 1 is 1.17 bits per heavy atom. The standard InChI is InChI=1S/C21H28N6O3/c1-15-6-5-9-22-19(15)21(29)25-11-8-17-23-24-20(27(17)13-12-25)16-7-3-4-10-26(16)18(28)14-30-2/h5-6,9,16H,3-4,7-8,10-14H2,1-2H3. The molecule has 4 heterocycles. The third-order valence-corrected chi connectivity index (χ3v) is 5.94. The van der Waals surface area contributed by atoms with Gasteiger partial charge in [-0.15, -0.1) is 10.2 Å². The predicted molar refractivity (Wildman–Crippen MR) is 109 cm³/mol. The quantitative estimate of drug-likeness (QED) is 0.753. The number of nitrogens with zero attached hydrogens (tertiary/aromatic N) is 6. The Morgan fingerprint density at radius 3 is 2.83 bits per heavy atom. The van der Waals surface area contributed by atoms with Gasteiger partial charge in [0.1, 0.15) is 18.1 Å². The van der Waals surface area contributed by atoms with E-state index in [-0.39, 0.29) is 24.5 Å². The fraction of sp³-hybridized carbons (Fsp3) is 0.571. The molecule has 2 aliphatic rings. The van der Waals surface area contributed by atoms with Crippen LogP contribution in [0, 0.1) is 6.92 Å². The smallest absolute Gasteiger partial charge is 0.272 e. The highest BCUT2D eigenvalue weighted by atomic mass is 16.5. The topological polar surface area (TPSA) is 93.5 Å². The molecule has 1 unspecified atom stereocenters. The zero-order valence-corrected chi connectivity index (χ0v) is 17.6. The number of aryl methyl sites for hydroxylation is 1. The Kier molecular flexibility index (Phi) is 6.08. The molecule has 0 bridgehead atoms. The lowest BCUT2D eigenvalue weighted by Crippen LogP contribution is -2.41. The molecule has 9 nitrogen and oxygen atoms in total. The van der Waals surface area contributed by atoms with E-state index in [2.05, 4.69) is 19.7 Å². The summed E-state index contributed by atoms with van der Waals surface area (Å²) in [7, 11) is 1.54. The monoisotopic (exact) mass is 412 g/mol. The number of rotatable bonds is 4. The predicted octanol–water partition coefficient (Wildman–Crippen LogP) is 1.38. The maximum absolute atomic E-state index is 13.0. The van der Waals surface area contributed by atoms with Crippen LogP contribution in [0.5, 0.6) is 0 Å². The molecule has 0 saturated carbocycles. The number of amides is 2. The van der Waals surface area contributed by atoms with Gasteiger partial charge in [0.2, 0.25) is 5.91 Å². The van der Waals surface area contributed by atoms with Crippen LogP contribution in [0.2, 0.25) is 0 Å². The van der Waals surface area contributed by atoms with Gasteiger partial charge in [-0.1, -0.05) is 6.07 Å². The summed E-state index contributed by atoms with van der Waals surface area (Å²) >= 11 is 0. The van der Waals surface area contributed by atoms with Crippen LogP contribution >= 0.6 is 0 Å². The lowest BCUT2D eigenvalue weighted by molar-refractivity contribution is -0.139.